The number of halogens is 1. The van der Waals surface area contributed by atoms with Crippen LogP contribution in [0.1, 0.15) is 65.1 Å². The average molecular weight is 526 g/mol. The topological polar surface area (TPSA) is 108 Å². The molecule has 0 amide bonds. The van der Waals surface area contributed by atoms with Crippen LogP contribution in [0.25, 0.3) is 16.8 Å². The van der Waals surface area contributed by atoms with Gasteiger partial charge < -0.3 is 9.47 Å². The van der Waals surface area contributed by atoms with E-state index < -0.39 is 11.6 Å². The number of rotatable bonds is 5. The average Bonchev–Trinajstić information content (AvgIpc) is 3.63. The zero-order valence-electron chi connectivity index (χ0n) is 21.3. The maximum atomic E-state index is 14.2. The molecule has 39 heavy (non-hydrogen) atoms. The van der Waals surface area contributed by atoms with Crippen LogP contribution in [0.4, 0.5) is 4.39 Å². The van der Waals surface area contributed by atoms with E-state index in [-0.39, 0.29) is 6.61 Å². The summed E-state index contributed by atoms with van der Waals surface area (Å²) in [5, 5.41) is 3.89. The van der Waals surface area contributed by atoms with Gasteiger partial charge in [0.2, 0.25) is 5.65 Å². The van der Waals surface area contributed by atoms with Gasteiger partial charge in [-0.1, -0.05) is 23.4 Å². The van der Waals surface area contributed by atoms with Gasteiger partial charge in [-0.3, -0.25) is 13.9 Å². The SMILES string of the molecule is COc1nccn2c(Cc3ccc4c(c3)COc3cc(F)ccc3C4=C(C)c3noc(=O)[nH]3)c(C3CC3)nc12. The lowest BCUT2D eigenvalue weighted by atomic mass is 9.89. The van der Waals surface area contributed by atoms with Crippen LogP contribution in [-0.2, 0) is 13.0 Å². The molecule has 0 bridgehead atoms. The second-order valence-corrected chi connectivity index (χ2v) is 9.89. The predicted molar refractivity (Wildman–Crippen MR) is 140 cm³/mol. The van der Waals surface area contributed by atoms with Gasteiger partial charge in [-0.05, 0) is 54.2 Å². The number of benzene rings is 2. The third-order valence-electron chi connectivity index (χ3n) is 7.37. The molecule has 0 unspecified atom stereocenters. The Hall–Kier alpha value is -4.73. The normalized spacial score (nSPS) is 15.9. The highest BCUT2D eigenvalue weighted by molar-refractivity contribution is 5.99. The van der Waals surface area contributed by atoms with Crippen LogP contribution in [0.3, 0.4) is 0 Å². The molecule has 4 heterocycles. The standard InChI is InChI=1S/C29H24FN5O4/c1-15(26-33-29(36)39-34-26)24-20-7-3-16(11-18(20)14-38-23-13-19(30)6-8-21(23)24)12-22-25(17-4-5-17)32-27-28(37-2)31-9-10-35(22)27/h3,6-11,13,17H,4-5,12,14H2,1-2H3,(H,33,34,36). The van der Waals surface area contributed by atoms with Gasteiger partial charge in [0.05, 0.1) is 18.5 Å². The fourth-order valence-corrected chi connectivity index (χ4v) is 5.37. The number of fused-ring (bicyclic) bond motifs is 3. The van der Waals surface area contributed by atoms with Crippen molar-refractivity contribution in [2.75, 3.05) is 7.11 Å². The lowest BCUT2D eigenvalue weighted by Gasteiger charge is -2.14. The van der Waals surface area contributed by atoms with E-state index in [0.29, 0.717) is 40.9 Å². The third kappa shape index (κ3) is 3.99. The van der Waals surface area contributed by atoms with Gasteiger partial charge in [0.15, 0.2) is 5.82 Å². The summed E-state index contributed by atoms with van der Waals surface area (Å²) in [6.07, 6.45) is 6.55. The first kappa shape index (κ1) is 23.4. The fraction of sp³-hybridized carbons (Fsp3) is 0.241. The Morgan fingerprint density at radius 1 is 1.21 bits per heavy atom. The first-order chi connectivity index (χ1) is 19.0. The van der Waals surface area contributed by atoms with Crippen molar-refractivity contribution in [2.24, 2.45) is 0 Å². The molecule has 5 aromatic rings. The second-order valence-electron chi connectivity index (χ2n) is 9.89. The number of nitrogens with one attached hydrogen (secondary N) is 1. The molecule has 0 radical (unpaired) electrons. The molecule has 1 N–H and O–H groups in total. The Morgan fingerprint density at radius 2 is 2.05 bits per heavy atom. The zero-order chi connectivity index (χ0) is 26.7. The van der Waals surface area contributed by atoms with Crippen LogP contribution in [0, 0.1) is 5.82 Å². The second kappa shape index (κ2) is 8.93. The van der Waals surface area contributed by atoms with Crippen molar-refractivity contribution in [3.8, 4) is 11.6 Å². The largest absolute Gasteiger partial charge is 0.488 e. The summed E-state index contributed by atoms with van der Waals surface area (Å²) in [5.74, 6) is 0.644. The summed E-state index contributed by atoms with van der Waals surface area (Å²) in [4.78, 5) is 23.6. The van der Waals surface area contributed by atoms with Crippen LogP contribution >= 0.6 is 0 Å². The van der Waals surface area contributed by atoms with Crippen LogP contribution in [0.2, 0.25) is 0 Å². The van der Waals surface area contributed by atoms with Crippen LogP contribution in [0.15, 0.2) is 58.1 Å². The minimum absolute atomic E-state index is 0.256. The highest BCUT2D eigenvalue weighted by Gasteiger charge is 2.31. The summed E-state index contributed by atoms with van der Waals surface area (Å²) in [6, 6.07) is 10.7. The van der Waals surface area contributed by atoms with E-state index in [4.69, 9.17) is 19.0 Å². The summed E-state index contributed by atoms with van der Waals surface area (Å²) in [7, 11) is 1.60. The van der Waals surface area contributed by atoms with Gasteiger partial charge in [-0.15, -0.1) is 0 Å². The van der Waals surface area contributed by atoms with E-state index >= 15 is 0 Å². The number of nitrogens with zero attached hydrogens (tertiary/aromatic N) is 4. The number of H-pyrrole nitrogens is 1. The lowest BCUT2D eigenvalue weighted by molar-refractivity contribution is 0.305. The van der Waals surface area contributed by atoms with Crippen molar-refractivity contribution in [1.29, 1.82) is 0 Å². The molecule has 1 fully saturated rings. The molecule has 2 aromatic carbocycles. The van der Waals surface area contributed by atoms with Gasteiger partial charge in [0.25, 0.3) is 5.88 Å². The first-order valence-corrected chi connectivity index (χ1v) is 12.7. The fourth-order valence-electron chi connectivity index (χ4n) is 5.37. The molecule has 7 rings (SSSR count). The molecular formula is C29H24FN5O4. The number of hydrogen-bond donors (Lipinski definition) is 1. The van der Waals surface area contributed by atoms with E-state index in [9.17, 15) is 9.18 Å². The van der Waals surface area contributed by atoms with Crippen molar-refractivity contribution in [1.82, 2.24) is 24.5 Å². The molecule has 0 saturated heterocycles. The van der Waals surface area contributed by atoms with Gasteiger partial charge in [0, 0.05) is 41.9 Å². The molecule has 1 aliphatic carbocycles. The van der Waals surface area contributed by atoms with Gasteiger partial charge in [-0.25, -0.2) is 19.2 Å². The van der Waals surface area contributed by atoms with Crippen molar-refractivity contribution in [2.45, 2.75) is 38.7 Å². The maximum absolute atomic E-state index is 14.2. The number of aromatic amines is 1. The Balaban J connectivity index is 1.36. The number of aromatic nitrogens is 5. The van der Waals surface area contributed by atoms with Crippen LogP contribution < -0.4 is 15.2 Å². The molecule has 0 spiro atoms. The van der Waals surface area contributed by atoms with Gasteiger partial charge in [0.1, 0.15) is 18.2 Å². The molecule has 2 aliphatic rings. The minimum Gasteiger partial charge on any atom is -0.488 e. The third-order valence-corrected chi connectivity index (χ3v) is 7.37. The molecular weight excluding hydrogens is 501 g/mol. The highest BCUT2D eigenvalue weighted by atomic mass is 19.1. The lowest BCUT2D eigenvalue weighted by Crippen LogP contribution is -2.03. The molecule has 3 aromatic heterocycles. The van der Waals surface area contributed by atoms with Crippen molar-refractivity contribution < 1.29 is 18.4 Å². The van der Waals surface area contributed by atoms with E-state index in [1.807, 2.05) is 19.2 Å². The molecule has 1 aliphatic heterocycles. The van der Waals surface area contributed by atoms with E-state index in [1.54, 1.807) is 19.4 Å². The van der Waals surface area contributed by atoms with Crippen molar-refractivity contribution in [3.05, 3.63) is 105 Å². The Morgan fingerprint density at radius 3 is 2.82 bits per heavy atom. The van der Waals surface area contributed by atoms with Crippen LogP contribution in [-0.4, -0.2) is 31.6 Å². The monoisotopic (exact) mass is 525 g/mol. The summed E-state index contributed by atoms with van der Waals surface area (Å²) >= 11 is 0. The predicted octanol–water partition coefficient (Wildman–Crippen LogP) is 4.89. The van der Waals surface area contributed by atoms with Crippen molar-refractivity contribution in [3.63, 3.8) is 0 Å². The molecule has 1 saturated carbocycles. The highest BCUT2D eigenvalue weighted by Crippen LogP contribution is 2.44. The Bertz CT molecular complexity index is 1850. The Kier molecular flexibility index (Phi) is 5.36. The van der Waals surface area contributed by atoms with E-state index in [2.05, 4.69) is 31.7 Å². The summed E-state index contributed by atoms with van der Waals surface area (Å²) < 4.78 is 32.6. The number of imidazole rings is 1. The van der Waals surface area contributed by atoms with Gasteiger partial charge >= 0.3 is 5.76 Å². The smallest absolute Gasteiger partial charge is 0.439 e. The Labute approximate surface area is 221 Å². The quantitative estimate of drug-likeness (QED) is 0.348. The molecule has 196 valence electrons. The minimum atomic E-state index is -0.643. The molecule has 9 nitrogen and oxygen atoms in total. The number of methoxy groups -OCH3 is 1. The molecule has 10 heteroatoms. The van der Waals surface area contributed by atoms with Gasteiger partial charge in [-0.2, -0.15) is 0 Å². The summed E-state index contributed by atoms with van der Waals surface area (Å²) in [6.45, 7) is 2.10. The zero-order valence-corrected chi connectivity index (χ0v) is 21.3. The number of allylic oxidation sites excluding steroid dienone is 1. The number of ether oxygens (including phenoxy) is 2. The van der Waals surface area contributed by atoms with E-state index in [1.165, 1.54) is 12.1 Å². The number of hydrogen-bond acceptors (Lipinski definition) is 7. The molecule has 0 atom stereocenters. The summed E-state index contributed by atoms with van der Waals surface area (Å²) in [5.41, 5.74) is 8.03. The first-order valence-electron chi connectivity index (χ1n) is 12.7. The van der Waals surface area contributed by atoms with Crippen LogP contribution in [0.5, 0.6) is 11.6 Å². The van der Waals surface area contributed by atoms with Crippen molar-refractivity contribution >= 4 is 16.8 Å². The maximum Gasteiger partial charge on any atom is 0.439 e. The van der Waals surface area contributed by atoms with E-state index in [0.717, 1.165) is 52.1 Å².